The van der Waals surface area contributed by atoms with Gasteiger partial charge < -0.3 is 14.8 Å². The Hall–Kier alpha value is -3.40. The highest BCUT2D eigenvalue weighted by atomic mass is 32.2. The molecule has 0 aliphatic carbocycles. The zero-order chi connectivity index (χ0) is 24.1. The highest BCUT2D eigenvalue weighted by molar-refractivity contribution is 8.18. The van der Waals surface area contributed by atoms with Crippen molar-refractivity contribution in [3.05, 3.63) is 63.6 Å². The maximum atomic E-state index is 12.7. The Morgan fingerprint density at radius 2 is 1.88 bits per heavy atom. The average Bonchev–Trinajstić information content (AvgIpc) is 3.03. The van der Waals surface area contributed by atoms with E-state index in [-0.39, 0.29) is 35.4 Å². The molecule has 0 saturated carbocycles. The molecule has 0 unspecified atom stereocenters. The van der Waals surface area contributed by atoms with E-state index in [4.69, 9.17) is 4.74 Å². The highest BCUT2D eigenvalue weighted by Crippen LogP contribution is 2.34. The van der Waals surface area contributed by atoms with Crippen molar-refractivity contribution in [3.8, 4) is 11.5 Å². The van der Waals surface area contributed by atoms with Gasteiger partial charge in [-0.15, -0.1) is 0 Å². The van der Waals surface area contributed by atoms with E-state index < -0.39 is 17.8 Å². The number of aryl methyl sites for hydroxylation is 2. The van der Waals surface area contributed by atoms with Crippen LogP contribution in [0.3, 0.4) is 0 Å². The van der Waals surface area contributed by atoms with E-state index in [1.165, 1.54) is 31.4 Å². The molecule has 3 rings (SSSR count). The molecule has 33 heavy (non-hydrogen) atoms. The average molecular weight is 477 g/mol. The molecule has 0 aromatic heterocycles. The van der Waals surface area contributed by atoms with Gasteiger partial charge in [-0.2, -0.15) is 8.78 Å². The molecule has 10 heteroatoms. The van der Waals surface area contributed by atoms with E-state index in [2.05, 4.69) is 10.1 Å². The number of imide groups is 1. The molecule has 1 saturated heterocycles. The van der Waals surface area contributed by atoms with Crippen molar-refractivity contribution in [2.45, 2.75) is 20.5 Å². The number of nitrogens with zero attached hydrogens (tertiary/aromatic N) is 1. The van der Waals surface area contributed by atoms with Gasteiger partial charge in [0.25, 0.3) is 17.1 Å². The topological polar surface area (TPSA) is 84.9 Å². The van der Waals surface area contributed by atoms with Gasteiger partial charge in [0.15, 0.2) is 11.5 Å². The first-order valence-electron chi connectivity index (χ1n) is 9.93. The van der Waals surface area contributed by atoms with Crippen molar-refractivity contribution in [1.29, 1.82) is 0 Å². The molecule has 0 atom stereocenters. The molecule has 1 aliphatic rings. The number of methoxy groups -OCH3 is 1. The largest absolute Gasteiger partial charge is 0.493 e. The summed E-state index contributed by atoms with van der Waals surface area (Å²) in [7, 11) is 1.30. The Labute approximate surface area is 193 Å². The van der Waals surface area contributed by atoms with Crippen LogP contribution in [0.15, 0.2) is 41.3 Å². The fourth-order valence-electron chi connectivity index (χ4n) is 3.08. The highest BCUT2D eigenvalue weighted by Gasteiger charge is 2.34. The van der Waals surface area contributed by atoms with Crippen molar-refractivity contribution in [2.24, 2.45) is 0 Å². The quantitative estimate of drug-likeness (QED) is 0.570. The summed E-state index contributed by atoms with van der Waals surface area (Å²) in [4.78, 5) is 38.5. The first kappa shape index (κ1) is 24.2. The zero-order valence-electron chi connectivity index (χ0n) is 18.2. The fourth-order valence-corrected chi connectivity index (χ4v) is 3.94. The lowest BCUT2D eigenvalue weighted by Crippen LogP contribution is -2.37. The van der Waals surface area contributed by atoms with Gasteiger partial charge in [-0.25, -0.2) is 0 Å². The van der Waals surface area contributed by atoms with Crippen LogP contribution in [0.2, 0.25) is 0 Å². The molecule has 2 aromatic carbocycles. The molecule has 0 spiro atoms. The normalized spacial score (nSPS) is 14.8. The van der Waals surface area contributed by atoms with E-state index in [0.717, 1.165) is 27.8 Å². The number of thioether (sulfide) groups is 1. The van der Waals surface area contributed by atoms with Crippen LogP contribution >= 0.6 is 11.8 Å². The van der Waals surface area contributed by atoms with Crippen molar-refractivity contribution in [1.82, 2.24) is 10.2 Å². The van der Waals surface area contributed by atoms with Crippen LogP contribution in [0.1, 0.15) is 27.0 Å². The number of carbonyl (C=O) groups excluding carboxylic acids is 3. The summed E-state index contributed by atoms with van der Waals surface area (Å²) in [5.41, 5.74) is 3.04. The molecule has 1 fully saturated rings. The monoisotopic (exact) mass is 476 g/mol. The van der Waals surface area contributed by atoms with Crippen LogP contribution in [-0.4, -0.2) is 48.8 Å². The lowest BCUT2D eigenvalue weighted by molar-refractivity contribution is -0.122. The maximum Gasteiger partial charge on any atom is 0.387 e. The van der Waals surface area contributed by atoms with Gasteiger partial charge in [-0.05, 0) is 72.6 Å². The smallest absolute Gasteiger partial charge is 0.387 e. The van der Waals surface area contributed by atoms with E-state index in [1.807, 2.05) is 19.9 Å². The van der Waals surface area contributed by atoms with Crippen molar-refractivity contribution >= 4 is 34.9 Å². The minimum atomic E-state index is -3.00. The Balaban J connectivity index is 1.63. The van der Waals surface area contributed by atoms with Crippen LogP contribution in [0.25, 0.3) is 6.08 Å². The molecule has 0 radical (unpaired) electrons. The number of amides is 3. The molecule has 2 aromatic rings. The van der Waals surface area contributed by atoms with Gasteiger partial charge in [0.2, 0.25) is 0 Å². The third-order valence-electron chi connectivity index (χ3n) is 4.97. The number of alkyl halides is 2. The second kappa shape index (κ2) is 10.5. The summed E-state index contributed by atoms with van der Waals surface area (Å²) in [5, 5.41) is 2.25. The first-order chi connectivity index (χ1) is 15.7. The predicted molar refractivity (Wildman–Crippen MR) is 121 cm³/mol. The number of benzene rings is 2. The maximum absolute atomic E-state index is 12.7. The summed E-state index contributed by atoms with van der Waals surface area (Å²) in [6.45, 7) is 0.977. The first-order valence-corrected chi connectivity index (χ1v) is 10.7. The number of halogens is 2. The van der Waals surface area contributed by atoms with Gasteiger partial charge in [-0.1, -0.05) is 12.1 Å². The summed E-state index contributed by atoms with van der Waals surface area (Å²) >= 11 is 0.757. The fraction of sp³-hybridized carbons (Fsp3) is 0.261. The van der Waals surface area contributed by atoms with Crippen molar-refractivity contribution in [2.75, 3.05) is 20.2 Å². The molecule has 1 aliphatic heterocycles. The van der Waals surface area contributed by atoms with E-state index in [0.29, 0.717) is 11.1 Å². The Morgan fingerprint density at radius 1 is 1.12 bits per heavy atom. The van der Waals surface area contributed by atoms with Crippen LogP contribution in [0.5, 0.6) is 11.5 Å². The Kier molecular flexibility index (Phi) is 7.70. The standard InChI is InChI=1S/C23H22F2N2O5S/c1-13-4-6-16(10-14(13)2)20(28)26-8-9-27-21(29)19(33-23(27)30)12-15-5-7-17(32-22(24)25)18(11-15)31-3/h4-7,10-12,22H,8-9H2,1-3H3,(H,26,28)/b19-12-. The van der Waals surface area contributed by atoms with E-state index >= 15 is 0 Å². The second-order valence-electron chi connectivity index (χ2n) is 7.18. The number of ether oxygens (including phenoxy) is 2. The van der Waals surface area contributed by atoms with E-state index in [1.54, 1.807) is 12.1 Å². The van der Waals surface area contributed by atoms with Crippen LogP contribution in [0.4, 0.5) is 13.6 Å². The van der Waals surface area contributed by atoms with Crippen LogP contribution in [0, 0.1) is 13.8 Å². The van der Waals surface area contributed by atoms with Crippen molar-refractivity contribution in [3.63, 3.8) is 0 Å². The number of hydrogen-bond donors (Lipinski definition) is 1. The lowest BCUT2D eigenvalue weighted by atomic mass is 10.1. The summed E-state index contributed by atoms with van der Waals surface area (Å²) < 4.78 is 34.4. The summed E-state index contributed by atoms with van der Waals surface area (Å²) in [5.74, 6) is -0.870. The second-order valence-corrected chi connectivity index (χ2v) is 8.17. The third-order valence-corrected chi connectivity index (χ3v) is 5.87. The molecule has 7 nitrogen and oxygen atoms in total. The zero-order valence-corrected chi connectivity index (χ0v) is 19.0. The SMILES string of the molecule is COc1cc(/C=C2\SC(=O)N(CCNC(=O)c3ccc(C)c(C)c3)C2=O)ccc1OC(F)F. The van der Waals surface area contributed by atoms with Gasteiger partial charge in [0.05, 0.1) is 12.0 Å². The van der Waals surface area contributed by atoms with Gasteiger partial charge in [0.1, 0.15) is 0 Å². The molecule has 1 N–H and O–H groups in total. The minimum Gasteiger partial charge on any atom is -0.493 e. The number of hydrogen-bond acceptors (Lipinski definition) is 6. The summed E-state index contributed by atoms with van der Waals surface area (Å²) in [6, 6.07) is 9.54. The Bertz CT molecular complexity index is 1120. The molecule has 1 heterocycles. The Morgan fingerprint density at radius 3 is 2.55 bits per heavy atom. The predicted octanol–water partition coefficient (Wildman–Crippen LogP) is 4.38. The number of carbonyl (C=O) groups is 3. The minimum absolute atomic E-state index is 0.0169. The molecular weight excluding hydrogens is 454 g/mol. The van der Waals surface area contributed by atoms with Crippen LogP contribution < -0.4 is 14.8 Å². The molecule has 3 amide bonds. The van der Waals surface area contributed by atoms with Crippen LogP contribution in [-0.2, 0) is 4.79 Å². The third kappa shape index (κ3) is 5.89. The van der Waals surface area contributed by atoms with E-state index in [9.17, 15) is 23.2 Å². The molecular formula is C23H22F2N2O5S. The van der Waals surface area contributed by atoms with Gasteiger partial charge in [-0.3, -0.25) is 19.3 Å². The van der Waals surface area contributed by atoms with Crippen molar-refractivity contribution < 1.29 is 32.6 Å². The van der Waals surface area contributed by atoms with Gasteiger partial charge >= 0.3 is 6.61 Å². The molecule has 174 valence electrons. The number of rotatable bonds is 8. The van der Waals surface area contributed by atoms with Gasteiger partial charge in [0, 0.05) is 18.7 Å². The molecule has 0 bridgehead atoms. The lowest BCUT2D eigenvalue weighted by Gasteiger charge is -2.13. The number of nitrogens with one attached hydrogen (secondary N) is 1. The summed E-state index contributed by atoms with van der Waals surface area (Å²) in [6.07, 6.45) is 1.47.